The molecule has 0 radical (unpaired) electrons. The molecule has 1 saturated heterocycles. The molecular formula is C25H24N8O. The van der Waals surface area contributed by atoms with E-state index in [1.54, 1.807) is 43.1 Å². The summed E-state index contributed by atoms with van der Waals surface area (Å²) in [4.78, 5) is 39.0. The molecule has 0 bridgehead atoms. The molecule has 9 nitrogen and oxygen atoms in total. The standard InChI is InChI=1S/C25H24N8O/c1-18-17-32(23-6-2-3-10-27-23)11-12-33(18)25-29-15-21(16-30-25)31-24(34)20-7-8-22(28-14-20)19-5-4-9-26-13-19/h2-10,13-16,18H,11-12,17H2,1H3,(H,31,34)/t18-/m0/s1. The first-order valence-corrected chi connectivity index (χ1v) is 11.1. The summed E-state index contributed by atoms with van der Waals surface area (Å²) in [6.45, 7) is 4.61. The van der Waals surface area contributed by atoms with Crippen molar-refractivity contribution in [3.05, 3.63) is 85.2 Å². The van der Waals surface area contributed by atoms with Gasteiger partial charge in [-0.1, -0.05) is 6.07 Å². The number of pyridine rings is 3. The molecule has 1 amide bonds. The summed E-state index contributed by atoms with van der Waals surface area (Å²) in [5.41, 5.74) is 2.64. The molecule has 170 valence electrons. The Morgan fingerprint density at radius 3 is 2.47 bits per heavy atom. The number of hydrogen-bond acceptors (Lipinski definition) is 8. The van der Waals surface area contributed by atoms with Crippen molar-refractivity contribution in [2.24, 2.45) is 0 Å². The third-order valence-corrected chi connectivity index (χ3v) is 5.74. The number of rotatable bonds is 5. The van der Waals surface area contributed by atoms with Gasteiger partial charge in [0.25, 0.3) is 5.91 Å². The molecule has 34 heavy (non-hydrogen) atoms. The molecule has 5 rings (SSSR count). The fourth-order valence-electron chi connectivity index (χ4n) is 3.95. The van der Waals surface area contributed by atoms with E-state index >= 15 is 0 Å². The van der Waals surface area contributed by atoms with Gasteiger partial charge in [0.15, 0.2) is 0 Å². The Bertz CT molecular complexity index is 1230. The van der Waals surface area contributed by atoms with E-state index in [0.717, 1.165) is 36.7 Å². The van der Waals surface area contributed by atoms with Crippen LogP contribution in [0.1, 0.15) is 17.3 Å². The van der Waals surface area contributed by atoms with Gasteiger partial charge in [-0.05, 0) is 43.3 Å². The number of piperazine rings is 1. The van der Waals surface area contributed by atoms with Crippen LogP contribution in [-0.4, -0.2) is 56.5 Å². The lowest BCUT2D eigenvalue weighted by atomic mass is 10.1. The number of nitrogens with one attached hydrogen (secondary N) is 1. The lowest BCUT2D eigenvalue weighted by molar-refractivity contribution is 0.102. The SMILES string of the molecule is C[C@H]1CN(c2ccccn2)CCN1c1ncc(NC(=O)c2ccc(-c3cccnc3)nc2)cn1. The van der Waals surface area contributed by atoms with Crippen LogP contribution in [0.4, 0.5) is 17.5 Å². The van der Waals surface area contributed by atoms with Crippen molar-refractivity contribution in [3.63, 3.8) is 0 Å². The van der Waals surface area contributed by atoms with Gasteiger partial charge in [-0.25, -0.2) is 15.0 Å². The Hall–Kier alpha value is -4.40. The van der Waals surface area contributed by atoms with E-state index in [9.17, 15) is 4.79 Å². The van der Waals surface area contributed by atoms with Crippen LogP contribution in [0.5, 0.6) is 0 Å². The van der Waals surface area contributed by atoms with Gasteiger partial charge >= 0.3 is 0 Å². The topological polar surface area (TPSA) is 100 Å². The zero-order chi connectivity index (χ0) is 23.3. The van der Waals surface area contributed by atoms with Crippen LogP contribution in [0.3, 0.4) is 0 Å². The maximum atomic E-state index is 12.6. The number of carbonyl (C=O) groups excluding carboxylic acids is 1. The van der Waals surface area contributed by atoms with Crippen molar-refractivity contribution >= 4 is 23.4 Å². The van der Waals surface area contributed by atoms with E-state index in [-0.39, 0.29) is 11.9 Å². The van der Waals surface area contributed by atoms with E-state index in [4.69, 9.17) is 0 Å². The minimum absolute atomic E-state index is 0.223. The predicted molar refractivity (Wildman–Crippen MR) is 131 cm³/mol. The summed E-state index contributed by atoms with van der Waals surface area (Å²) in [5, 5.41) is 2.84. The van der Waals surface area contributed by atoms with Crippen molar-refractivity contribution < 1.29 is 4.79 Å². The predicted octanol–water partition coefficient (Wildman–Crippen LogP) is 3.30. The summed E-state index contributed by atoms with van der Waals surface area (Å²) in [5.74, 6) is 1.36. The van der Waals surface area contributed by atoms with Crippen molar-refractivity contribution in [1.29, 1.82) is 0 Å². The summed E-state index contributed by atoms with van der Waals surface area (Å²) < 4.78 is 0. The monoisotopic (exact) mass is 452 g/mol. The highest BCUT2D eigenvalue weighted by Gasteiger charge is 2.26. The van der Waals surface area contributed by atoms with Crippen LogP contribution >= 0.6 is 0 Å². The van der Waals surface area contributed by atoms with E-state index < -0.39 is 0 Å². The minimum Gasteiger partial charge on any atom is -0.353 e. The number of aromatic nitrogens is 5. The third kappa shape index (κ3) is 4.68. The maximum absolute atomic E-state index is 12.6. The molecule has 0 aliphatic carbocycles. The van der Waals surface area contributed by atoms with Crippen LogP contribution in [0.2, 0.25) is 0 Å². The Balaban J connectivity index is 1.20. The number of anilines is 3. The quantitative estimate of drug-likeness (QED) is 0.492. The van der Waals surface area contributed by atoms with Gasteiger partial charge in [-0.15, -0.1) is 0 Å². The van der Waals surface area contributed by atoms with Gasteiger partial charge in [-0.2, -0.15) is 0 Å². The van der Waals surface area contributed by atoms with E-state index in [2.05, 4.69) is 47.0 Å². The lowest BCUT2D eigenvalue weighted by Crippen LogP contribution is -2.53. The third-order valence-electron chi connectivity index (χ3n) is 5.74. The van der Waals surface area contributed by atoms with Gasteiger partial charge in [-0.3, -0.25) is 14.8 Å². The average molecular weight is 453 g/mol. The highest BCUT2D eigenvalue weighted by Crippen LogP contribution is 2.21. The number of amides is 1. The Morgan fingerprint density at radius 1 is 0.912 bits per heavy atom. The lowest BCUT2D eigenvalue weighted by Gasteiger charge is -2.40. The van der Waals surface area contributed by atoms with Crippen molar-refractivity contribution in [2.45, 2.75) is 13.0 Å². The second-order valence-corrected chi connectivity index (χ2v) is 8.08. The number of nitrogens with zero attached hydrogens (tertiary/aromatic N) is 7. The van der Waals surface area contributed by atoms with Crippen LogP contribution in [0, 0.1) is 0 Å². The van der Waals surface area contributed by atoms with Crippen LogP contribution < -0.4 is 15.1 Å². The zero-order valence-electron chi connectivity index (χ0n) is 18.7. The van der Waals surface area contributed by atoms with Crippen molar-refractivity contribution in [3.8, 4) is 11.3 Å². The van der Waals surface area contributed by atoms with E-state index in [0.29, 0.717) is 17.2 Å². The molecule has 0 aromatic carbocycles. The summed E-state index contributed by atoms with van der Waals surface area (Å²) in [7, 11) is 0. The normalized spacial score (nSPS) is 15.7. The average Bonchev–Trinajstić information content (AvgIpc) is 2.90. The molecule has 1 aliphatic heterocycles. The van der Waals surface area contributed by atoms with Gasteiger partial charge in [0, 0.05) is 56.0 Å². The Kier molecular flexibility index (Phi) is 6.07. The zero-order valence-corrected chi connectivity index (χ0v) is 18.7. The second-order valence-electron chi connectivity index (χ2n) is 8.08. The van der Waals surface area contributed by atoms with Crippen molar-refractivity contribution in [2.75, 3.05) is 34.8 Å². The fraction of sp³-hybridized carbons (Fsp3) is 0.200. The van der Waals surface area contributed by atoms with Gasteiger partial charge in [0.2, 0.25) is 5.95 Å². The molecule has 4 aromatic rings. The number of hydrogen-bond donors (Lipinski definition) is 1. The van der Waals surface area contributed by atoms with Crippen molar-refractivity contribution in [1.82, 2.24) is 24.9 Å². The molecule has 0 unspecified atom stereocenters. The first kappa shape index (κ1) is 21.4. The molecule has 1 N–H and O–H groups in total. The number of carbonyl (C=O) groups is 1. The highest BCUT2D eigenvalue weighted by atomic mass is 16.1. The first-order chi connectivity index (χ1) is 16.7. The van der Waals surface area contributed by atoms with E-state index in [1.807, 2.05) is 36.5 Å². The van der Waals surface area contributed by atoms with E-state index in [1.165, 1.54) is 0 Å². The summed E-state index contributed by atoms with van der Waals surface area (Å²) in [6.07, 6.45) is 10.1. The Morgan fingerprint density at radius 2 is 1.79 bits per heavy atom. The summed E-state index contributed by atoms with van der Waals surface area (Å²) >= 11 is 0. The van der Waals surface area contributed by atoms with Gasteiger partial charge in [0.1, 0.15) is 5.82 Å². The van der Waals surface area contributed by atoms with Crippen LogP contribution in [0.25, 0.3) is 11.3 Å². The molecule has 1 aliphatic rings. The molecule has 0 saturated carbocycles. The van der Waals surface area contributed by atoms with Gasteiger partial charge in [0.05, 0.1) is 29.3 Å². The van der Waals surface area contributed by atoms with Crippen LogP contribution in [-0.2, 0) is 0 Å². The minimum atomic E-state index is -0.265. The highest BCUT2D eigenvalue weighted by molar-refractivity contribution is 6.04. The Labute approximate surface area is 197 Å². The fourth-order valence-corrected chi connectivity index (χ4v) is 3.95. The molecule has 1 fully saturated rings. The second kappa shape index (κ2) is 9.62. The smallest absolute Gasteiger partial charge is 0.257 e. The molecule has 9 heteroatoms. The molecule has 5 heterocycles. The largest absolute Gasteiger partial charge is 0.353 e. The summed E-state index contributed by atoms with van der Waals surface area (Å²) in [6, 6.07) is 13.5. The molecule has 4 aromatic heterocycles. The van der Waals surface area contributed by atoms with Crippen LogP contribution in [0.15, 0.2) is 79.6 Å². The molecule has 0 spiro atoms. The van der Waals surface area contributed by atoms with Gasteiger partial charge < -0.3 is 15.1 Å². The maximum Gasteiger partial charge on any atom is 0.257 e. The molecular weight excluding hydrogens is 428 g/mol. The first-order valence-electron chi connectivity index (χ1n) is 11.1. The molecule has 1 atom stereocenters.